The van der Waals surface area contributed by atoms with Gasteiger partial charge in [0.2, 0.25) is 5.91 Å². The van der Waals surface area contributed by atoms with E-state index < -0.39 is 5.97 Å². The monoisotopic (exact) mass is 459 g/mol. The zero-order valence-corrected chi connectivity index (χ0v) is 19.0. The number of hydrogen-bond donors (Lipinski definition) is 1. The maximum Gasteiger partial charge on any atom is 0.341 e. The maximum atomic E-state index is 13.1. The molecule has 2 aromatic rings. The Hall–Kier alpha value is -2.94. The highest BCUT2D eigenvalue weighted by molar-refractivity contribution is 7.16. The van der Waals surface area contributed by atoms with Crippen molar-refractivity contribution in [2.75, 3.05) is 43.0 Å². The van der Waals surface area contributed by atoms with Gasteiger partial charge in [-0.2, -0.15) is 0 Å². The number of rotatable bonds is 6. The molecule has 0 spiro atoms. The Morgan fingerprint density at radius 1 is 1.09 bits per heavy atom. The predicted molar refractivity (Wildman–Crippen MR) is 121 cm³/mol. The quantitative estimate of drug-likeness (QED) is 0.671. The van der Waals surface area contributed by atoms with Gasteiger partial charge in [0, 0.05) is 42.7 Å². The van der Waals surface area contributed by atoms with Crippen molar-refractivity contribution in [2.24, 2.45) is 5.92 Å². The van der Waals surface area contributed by atoms with Gasteiger partial charge in [0.1, 0.15) is 10.8 Å². The van der Waals surface area contributed by atoms with E-state index in [4.69, 9.17) is 4.74 Å². The summed E-state index contributed by atoms with van der Waals surface area (Å²) in [5.74, 6) is -1.19. The first kappa shape index (κ1) is 22.3. The average Bonchev–Trinajstić information content (AvgIpc) is 3.60. The summed E-state index contributed by atoms with van der Waals surface area (Å²) in [6, 6.07) is 6.28. The van der Waals surface area contributed by atoms with Gasteiger partial charge in [-0.25, -0.2) is 9.18 Å². The molecule has 1 N–H and O–H groups in total. The molecule has 1 saturated heterocycles. The van der Waals surface area contributed by atoms with Crippen molar-refractivity contribution in [1.29, 1.82) is 0 Å². The van der Waals surface area contributed by atoms with Crippen molar-refractivity contribution in [3.05, 3.63) is 46.1 Å². The summed E-state index contributed by atoms with van der Waals surface area (Å²) in [5, 5.41) is 3.33. The zero-order chi connectivity index (χ0) is 22.8. The number of nitrogens with one attached hydrogen (secondary N) is 1. The number of nitrogens with zero attached hydrogens (tertiary/aromatic N) is 2. The molecule has 2 amide bonds. The summed E-state index contributed by atoms with van der Waals surface area (Å²) < 4.78 is 18.4. The van der Waals surface area contributed by atoms with E-state index in [0.29, 0.717) is 36.7 Å². The fraction of sp³-hybridized carbons (Fsp3) is 0.435. The van der Waals surface area contributed by atoms with Gasteiger partial charge < -0.3 is 19.9 Å². The predicted octanol–water partition coefficient (Wildman–Crippen LogP) is 3.36. The third kappa shape index (κ3) is 4.93. The van der Waals surface area contributed by atoms with Crippen molar-refractivity contribution < 1.29 is 23.5 Å². The van der Waals surface area contributed by atoms with E-state index in [0.717, 1.165) is 29.0 Å². The second kappa shape index (κ2) is 9.28. The number of carbonyl (C=O) groups is 3. The number of esters is 1. The Labute approximate surface area is 190 Å². The van der Waals surface area contributed by atoms with Crippen LogP contribution in [0.25, 0.3) is 0 Å². The summed E-state index contributed by atoms with van der Waals surface area (Å²) in [7, 11) is 0. The number of anilines is 2. The van der Waals surface area contributed by atoms with Gasteiger partial charge in [0.05, 0.1) is 5.56 Å². The highest BCUT2D eigenvalue weighted by Gasteiger charge is 2.32. The molecule has 2 heterocycles. The van der Waals surface area contributed by atoms with Crippen molar-refractivity contribution in [3.63, 3.8) is 0 Å². The lowest BCUT2D eigenvalue weighted by molar-refractivity contribution is -0.134. The van der Waals surface area contributed by atoms with Crippen molar-refractivity contribution in [3.8, 4) is 0 Å². The van der Waals surface area contributed by atoms with Crippen LogP contribution >= 0.6 is 11.3 Å². The Balaban J connectivity index is 1.31. The van der Waals surface area contributed by atoms with Gasteiger partial charge in [-0.15, -0.1) is 11.3 Å². The minimum absolute atomic E-state index is 0.0248. The summed E-state index contributed by atoms with van der Waals surface area (Å²) in [6.45, 7) is 5.57. The van der Waals surface area contributed by atoms with Gasteiger partial charge >= 0.3 is 5.97 Å². The third-order valence-corrected chi connectivity index (χ3v) is 7.05. The Morgan fingerprint density at radius 3 is 2.38 bits per heavy atom. The van der Waals surface area contributed by atoms with Crippen LogP contribution < -0.4 is 10.2 Å². The molecule has 1 saturated carbocycles. The van der Waals surface area contributed by atoms with Gasteiger partial charge in [-0.3, -0.25) is 9.59 Å². The largest absolute Gasteiger partial charge is 0.452 e. The fourth-order valence-corrected chi connectivity index (χ4v) is 4.73. The third-order valence-electron chi connectivity index (χ3n) is 5.93. The number of amides is 2. The topological polar surface area (TPSA) is 78.9 Å². The SMILES string of the molecule is Cc1sc(NC(=O)C2CC2)c(C(=O)OCC(=O)N2CCN(c3ccc(F)cc3)CC2)c1C. The number of aryl methyl sites for hydroxylation is 1. The average molecular weight is 460 g/mol. The first-order chi connectivity index (χ1) is 15.3. The summed E-state index contributed by atoms with van der Waals surface area (Å²) in [6.07, 6.45) is 1.75. The Kier molecular flexibility index (Phi) is 6.45. The highest BCUT2D eigenvalue weighted by Crippen LogP contribution is 2.36. The molecule has 1 aromatic carbocycles. The lowest BCUT2D eigenvalue weighted by Gasteiger charge is -2.36. The molecule has 32 heavy (non-hydrogen) atoms. The number of ether oxygens (including phenoxy) is 1. The summed E-state index contributed by atoms with van der Waals surface area (Å²) >= 11 is 1.35. The second-order valence-electron chi connectivity index (χ2n) is 8.17. The number of benzene rings is 1. The smallest absolute Gasteiger partial charge is 0.341 e. The first-order valence-electron chi connectivity index (χ1n) is 10.7. The molecule has 0 radical (unpaired) electrons. The molecule has 0 atom stereocenters. The minimum atomic E-state index is -0.601. The minimum Gasteiger partial charge on any atom is -0.452 e. The van der Waals surface area contributed by atoms with E-state index in [-0.39, 0.29) is 30.2 Å². The van der Waals surface area contributed by atoms with Crippen molar-refractivity contribution in [1.82, 2.24) is 4.90 Å². The van der Waals surface area contributed by atoms with E-state index in [1.54, 1.807) is 17.0 Å². The van der Waals surface area contributed by atoms with Gasteiger partial charge in [-0.05, 0) is 56.5 Å². The molecule has 2 fully saturated rings. The Bertz CT molecular complexity index is 1020. The lowest BCUT2D eigenvalue weighted by atomic mass is 10.1. The van der Waals surface area contributed by atoms with Crippen LogP contribution in [-0.4, -0.2) is 55.5 Å². The molecule has 1 aromatic heterocycles. The van der Waals surface area contributed by atoms with Crippen LogP contribution in [0, 0.1) is 25.6 Å². The van der Waals surface area contributed by atoms with Crippen LogP contribution in [0.5, 0.6) is 0 Å². The van der Waals surface area contributed by atoms with Gasteiger partial charge in [0.15, 0.2) is 6.61 Å². The van der Waals surface area contributed by atoms with E-state index in [9.17, 15) is 18.8 Å². The number of halogens is 1. The molecule has 7 nitrogen and oxygen atoms in total. The fourth-order valence-electron chi connectivity index (χ4n) is 3.68. The van der Waals surface area contributed by atoms with E-state index in [1.165, 1.54) is 23.5 Å². The molecule has 0 unspecified atom stereocenters. The standard InChI is InChI=1S/C23H26FN3O4S/c1-14-15(2)32-22(25-21(29)16-3-4-16)20(14)23(30)31-13-19(28)27-11-9-26(10-12-27)18-7-5-17(24)6-8-18/h5-8,16H,3-4,9-13H2,1-2H3,(H,25,29). The zero-order valence-electron chi connectivity index (χ0n) is 18.2. The normalized spacial score (nSPS) is 16.1. The molecule has 9 heteroatoms. The van der Waals surface area contributed by atoms with Crippen molar-refractivity contribution in [2.45, 2.75) is 26.7 Å². The van der Waals surface area contributed by atoms with Gasteiger partial charge in [-0.1, -0.05) is 0 Å². The lowest BCUT2D eigenvalue weighted by Crippen LogP contribution is -2.49. The molecular weight excluding hydrogens is 433 g/mol. The van der Waals surface area contributed by atoms with Crippen LogP contribution in [0.2, 0.25) is 0 Å². The number of piperazine rings is 1. The number of carbonyl (C=O) groups excluding carboxylic acids is 3. The van der Waals surface area contributed by atoms with Crippen LogP contribution in [-0.2, 0) is 14.3 Å². The number of hydrogen-bond acceptors (Lipinski definition) is 6. The molecule has 1 aliphatic carbocycles. The molecule has 4 rings (SSSR count). The molecule has 2 aliphatic rings. The maximum absolute atomic E-state index is 13.1. The first-order valence-corrected chi connectivity index (χ1v) is 11.5. The molecule has 170 valence electrons. The van der Waals surface area contributed by atoms with Crippen LogP contribution in [0.4, 0.5) is 15.1 Å². The van der Waals surface area contributed by atoms with E-state index in [2.05, 4.69) is 10.2 Å². The second-order valence-corrected chi connectivity index (χ2v) is 9.40. The van der Waals surface area contributed by atoms with Crippen LogP contribution in [0.3, 0.4) is 0 Å². The van der Waals surface area contributed by atoms with Crippen LogP contribution in [0.1, 0.15) is 33.6 Å². The summed E-state index contributed by atoms with van der Waals surface area (Å²) in [4.78, 5) is 42.1. The Morgan fingerprint density at radius 2 is 1.75 bits per heavy atom. The van der Waals surface area contributed by atoms with E-state index in [1.807, 2.05) is 13.8 Å². The number of thiophene rings is 1. The highest BCUT2D eigenvalue weighted by atomic mass is 32.1. The molecular formula is C23H26FN3O4S. The van der Waals surface area contributed by atoms with Crippen molar-refractivity contribution >= 4 is 39.8 Å². The van der Waals surface area contributed by atoms with Gasteiger partial charge in [0.25, 0.3) is 5.91 Å². The molecule has 1 aliphatic heterocycles. The van der Waals surface area contributed by atoms with E-state index >= 15 is 0 Å². The summed E-state index contributed by atoms with van der Waals surface area (Å²) in [5.41, 5.74) is 2.00. The molecule has 0 bridgehead atoms. The van der Waals surface area contributed by atoms with Crippen LogP contribution in [0.15, 0.2) is 24.3 Å².